The number of hydrogen-bond donors (Lipinski definition) is 3. The number of aliphatic imine (C=N–C) groups is 1. The molecule has 0 aliphatic carbocycles. The summed E-state index contributed by atoms with van der Waals surface area (Å²) < 4.78 is 1.96. The monoisotopic (exact) mass is 484 g/mol. The Balaban J connectivity index is 0.00000364. The number of para-hydroxylation sites is 1. The average molecular weight is 484 g/mol. The predicted molar refractivity (Wildman–Crippen MR) is 120 cm³/mol. The van der Waals surface area contributed by atoms with Crippen molar-refractivity contribution in [2.75, 3.05) is 19.6 Å². The van der Waals surface area contributed by atoms with Crippen LogP contribution in [-0.2, 0) is 11.3 Å². The minimum atomic E-state index is -0.0347. The van der Waals surface area contributed by atoms with Crippen molar-refractivity contribution < 1.29 is 4.79 Å². The van der Waals surface area contributed by atoms with Gasteiger partial charge in [-0.1, -0.05) is 18.2 Å². The summed E-state index contributed by atoms with van der Waals surface area (Å²) in [6.45, 7) is 10.0. The number of guanidine groups is 1. The van der Waals surface area contributed by atoms with Crippen LogP contribution < -0.4 is 16.0 Å². The number of nitrogens with zero attached hydrogens (tertiary/aromatic N) is 3. The zero-order valence-corrected chi connectivity index (χ0v) is 18.7. The molecule has 0 saturated carbocycles. The molecule has 0 atom stereocenters. The molecule has 0 aliphatic rings. The van der Waals surface area contributed by atoms with Gasteiger partial charge in [-0.3, -0.25) is 4.79 Å². The summed E-state index contributed by atoms with van der Waals surface area (Å²) in [6.07, 6.45) is 0. The molecule has 148 valence electrons. The third-order valence-corrected chi connectivity index (χ3v) is 3.77. The number of nitrogens with one attached hydrogen (secondary N) is 3. The molecule has 3 N–H and O–H groups in total. The normalized spacial score (nSPS) is 10.9. The number of aromatic nitrogens is 2. The van der Waals surface area contributed by atoms with Crippen LogP contribution in [0.5, 0.6) is 0 Å². The lowest BCUT2D eigenvalue weighted by molar-refractivity contribution is -0.118. The summed E-state index contributed by atoms with van der Waals surface area (Å²) in [7, 11) is 0. The number of carbonyl (C=O) groups excluding carboxylic acids is 1. The fourth-order valence-electron chi connectivity index (χ4n) is 2.65. The van der Waals surface area contributed by atoms with E-state index in [0.717, 1.165) is 35.1 Å². The van der Waals surface area contributed by atoms with Crippen LogP contribution in [0.1, 0.15) is 30.8 Å². The topological polar surface area (TPSA) is 83.3 Å². The van der Waals surface area contributed by atoms with Crippen molar-refractivity contribution in [3.8, 4) is 5.69 Å². The van der Waals surface area contributed by atoms with E-state index in [1.54, 1.807) is 0 Å². The first-order chi connectivity index (χ1) is 12.5. The Kier molecular flexibility index (Phi) is 9.84. The molecule has 2 aromatic rings. The van der Waals surface area contributed by atoms with Gasteiger partial charge in [0.05, 0.1) is 17.9 Å². The first-order valence-corrected chi connectivity index (χ1v) is 8.89. The van der Waals surface area contributed by atoms with Crippen molar-refractivity contribution in [2.45, 2.75) is 34.2 Å². The van der Waals surface area contributed by atoms with Crippen molar-refractivity contribution in [3.63, 3.8) is 0 Å². The van der Waals surface area contributed by atoms with Gasteiger partial charge in [-0.15, -0.1) is 24.0 Å². The van der Waals surface area contributed by atoms with Gasteiger partial charge in [0.1, 0.15) is 0 Å². The second-order valence-corrected chi connectivity index (χ2v) is 6.07. The SMILES string of the molecule is CCNC(=NCc1ccccc1-n1nc(C)cc1C)NCCNC(C)=O.I. The van der Waals surface area contributed by atoms with Crippen molar-refractivity contribution in [1.82, 2.24) is 25.7 Å². The Morgan fingerprint density at radius 2 is 1.85 bits per heavy atom. The molecular weight excluding hydrogens is 455 g/mol. The quantitative estimate of drug-likeness (QED) is 0.244. The summed E-state index contributed by atoms with van der Waals surface area (Å²) in [5.41, 5.74) is 4.22. The molecule has 8 heteroatoms. The van der Waals surface area contributed by atoms with Crippen molar-refractivity contribution in [1.29, 1.82) is 0 Å². The molecule has 0 spiro atoms. The highest BCUT2D eigenvalue weighted by Crippen LogP contribution is 2.17. The van der Waals surface area contributed by atoms with Crippen LogP contribution in [0.15, 0.2) is 35.3 Å². The standard InChI is InChI=1S/C19H28N6O.HI/c1-5-20-19(22-11-10-21-16(4)26)23-13-17-8-6-7-9-18(17)25-15(3)12-14(2)24-25;/h6-9,12H,5,10-11,13H2,1-4H3,(H,21,26)(H2,20,22,23);1H. The fraction of sp³-hybridized carbons (Fsp3) is 0.421. The van der Waals surface area contributed by atoms with Gasteiger partial charge < -0.3 is 16.0 Å². The average Bonchev–Trinajstić information content (AvgIpc) is 2.94. The van der Waals surface area contributed by atoms with Crippen LogP contribution in [-0.4, -0.2) is 41.3 Å². The van der Waals surface area contributed by atoms with E-state index in [0.29, 0.717) is 19.6 Å². The minimum Gasteiger partial charge on any atom is -0.357 e. The highest BCUT2D eigenvalue weighted by molar-refractivity contribution is 14.0. The van der Waals surface area contributed by atoms with Gasteiger partial charge in [-0.2, -0.15) is 5.10 Å². The van der Waals surface area contributed by atoms with Crippen LogP contribution in [0.25, 0.3) is 5.69 Å². The molecule has 27 heavy (non-hydrogen) atoms. The number of aryl methyl sites for hydroxylation is 2. The molecule has 1 amide bonds. The largest absolute Gasteiger partial charge is 0.357 e. The van der Waals surface area contributed by atoms with Crippen LogP contribution in [0.3, 0.4) is 0 Å². The van der Waals surface area contributed by atoms with Gasteiger partial charge in [0.15, 0.2) is 5.96 Å². The fourth-order valence-corrected chi connectivity index (χ4v) is 2.65. The molecule has 1 aromatic carbocycles. The van der Waals surface area contributed by atoms with Gasteiger partial charge in [0.25, 0.3) is 0 Å². The van der Waals surface area contributed by atoms with Crippen LogP contribution >= 0.6 is 24.0 Å². The third-order valence-electron chi connectivity index (χ3n) is 3.77. The van der Waals surface area contributed by atoms with Gasteiger partial charge in [-0.05, 0) is 38.5 Å². The second-order valence-electron chi connectivity index (χ2n) is 6.07. The molecule has 7 nitrogen and oxygen atoms in total. The van der Waals surface area contributed by atoms with Gasteiger partial charge in [0.2, 0.25) is 5.91 Å². The number of rotatable bonds is 7. The number of hydrogen-bond acceptors (Lipinski definition) is 3. The van der Waals surface area contributed by atoms with Gasteiger partial charge in [-0.25, -0.2) is 9.67 Å². The van der Waals surface area contributed by atoms with Crippen molar-refractivity contribution in [3.05, 3.63) is 47.3 Å². The molecule has 0 radical (unpaired) electrons. The maximum absolute atomic E-state index is 10.9. The Morgan fingerprint density at radius 1 is 1.15 bits per heavy atom. The summed E-state index contributed by atoms with van der Waals surface area (Å²) in [6, 6.07) is 10.2. The molecule has 1 heterocycles. The first kappa shape index (κ1) is 22.9. The number of carbonyl (C=O) groups is 1. The van der Waals surface area contributed by atoms with E-state index in [1.807, 2.05) is 37.6 Å². The van der Waals surface area contributed by atoms with E-state index in [-0.39, 0.29) is 29.9 Å². The van der Waals surface area contributed by atoms with Gasteiger partial charge in [0, 0.05) is 32.3 Å². The summed E-state index contributed by atoms with van der Waals surface area (Å²) >= 11 is 0. The summed E-state index contributed by atoms with van der Waals surface area (Å²) in [4.78, 5) is 15.6. The lowest BCUT2D eigenvalue weighted by Crippen LogP contribution is -2.41. The second kappa shape index (κ2) is 11.6. The van der Waals surface area contributed by atoms with E-state index >= 15 is 0 Å². The highest BCUT2D eigenvalue weighted by atomic mass is 127. The van der Waals surface area contributed by atoms with E-state index in [9.17, 15) is 4.79 Å². The molecule has 0 bridgehead atoms. The van der Waals surface area contributed by atoms with Crippen LogP contribution in [0, 0.1) is 13.8 Å². The molecule has 0 unspecified atom stereocenters. The van der Waals surface area contributed by atoms with Crippen molar-refractivity contribution >= 4 is 35.8 Å². The number of amides is 1. The van der Waals surface area contributed by atoms with Gasteiger partial charge >= 0.3 is 0 Å². The number of benzene rings is 1. The van der Waals surface area contributed by atoms with Crippen LogP contribution in [0.4, 0.5) is 0 Å². The van der Waals surface area contributed by atoms with E-state index < -0.39 is 0 Å². The predicted octanol–water partition coefficient (Wildman–Crippen LogP) is 2.30. The molecule has 2 rings (SSSR count). The smallest absolute Gasteiger partial charge is 0.216 e. The molecule has 0 aliphatic heterocycles. The Hall–Kier alpha value is -2.10. The zero-order valence-electron chi connectivity index (χ0n) is 16.4. The molecule has 0 saturated heterocycles. The van der Waals surface area contributed by atoms with E-state index in [1.165, 1.54) is 6.92 Å². The highest BCUT2D eigenvalue weighted by Gasteiger charge is 2.08. The minimum absolute atomic E-state index is 0. The first-order valence-electron chi connectivity index (χ1n) is 8.89. The molecule has 1 aromatic heterocycles. The van der Waals surface area contributed by atoms with E-state index in [4.69, 9.17) is 0 Å². The summed E-state index contributed by atoms with van der Waals surface area (Å²) in [5, 5.41) is 13.8. The Morgan fingerprint density at radius 3 is 2.48 bits per heavy atom. The lowest BCUT2D eigenvalue weighted by Gasteiger charge is -2.13. The maximum atomic E-state index is 10.9. The summed E-state index contributed by atoms with van der Waals surface area (Å²) in [5.74, 6) is 0.688. The molecular formula is C19H29IN6O. The zero-order chi connectivity index (χ0) is 18.9. The lowest BCUT2D eigenvalue weighted by atomic mass is 10.2. The number of halogens is 1. The Bertz CT molecular complexity index is 771. The Labute approximate surface area is 178 Å². The maximum Gasteiger partial charge on any atom is 0.216 e. The third kappa shape index (κ3) is 7.20. The molecule has 0 fully saturated rings. The van der Waals surface area contributed by atoms with Crippen LogP contribution in [0.2, 0.25) is 0 Å². The van der Waals surface area contributed by atoms with E-state index in [2.05, 4.69) is 44.2 Å². The van der Waals surface area contributed by atoms with Crippen molar-refractivity contribution in [2.24, 2.45) is 4.99 Å².